The van der Waals surface area contributed by atoms with Crippen molar-refractivity contribution in [3.63, 3.8) is 0 Å². The standard InChI is InChI=1S/C10H11BrINO2/c1-15-9-3-2-7(6-8(9)11)10(14)13-5-4-12/h2-3,6H,4-5H2,1H3,(H,13,14). The quantitative estimate of drug-likeness (QED) is 0.641. The fourth-order valence-corrected chi connectivity index (χ4v) is 1.88. The molecule has 0 unspecified atom stereocenters. The summed E-state index contributed by atoms with van der Waals surface area (Å²) in [5.41, 5.74) is 0.632. The molecule has 1 N–H and O–H groups in total. The van der Waals surface area contributed by atoms with Gasteiger partial charge in [0.25, 0.3) is 5.91 Å². The second kappa shape index (κ2) is 6.32. The highest BCUT2D eigenvalue weighted by atomic mass is 127. The minimum absolute atomic E-state index is 0.0602. The van der Waals surface area contributed by atoms with Gasteiger partial charge in [0.05, 0.1) is 11.6 Å². The highest BCUT2D eigenvalue weighted by Gasteiger charge is 2.07. The fraction of sp³-hybridized carbons (Fsp3) is 0.300. The second-order valence-electron chi connectivity index (χ2n) is 2.79. The van der Waals surface area contributed by atoms with Crippen LogP contribution in [-0.4, -0.2) is 24.0 Å². The lowest BCUT2D eigenvalue weighted by molar-refractivity contribution is 0.0956. The third kappa shape index (κ3) is 3.64. The van der Waals surface area contributed by atoms with Crippen LogP contribution in [0.25, 0.3) is 0 Å². The largest absolute Gasteiger partial charge is 0.496 e. The van der Waals surface area contributed by atoms with Crippen molar-refractivity contribution in [3.8, 4) is 5.75 Å². The Balaban J connectivity index is 2.78. The van der Waals surface area contributed by atoms with Crippen molar-refractivity contribution in [2.75, 3.05) is 18.1 Å². The normalized spacial score (nSPS) is 9.80. The Kier molecular flexibility index (Phi) is 5.38. The van der Waals surface area contributed by atoms with Crippen LogP contribution in [0.5, 0.6) is 5.75 Å². The molecule has 0 aliphatic carbocycles. The number of nitrogens with one attached hydrogen (secondary N) is 1. The number of hydrogen-bond donors (Lipinski definition) is 1. The van der Waals surface area contributed by atoms with E-state index in [1.165, 1.54) is 0 Å². The Morgan fingerprint density at radius 3 is 2.87 bits per heavy atom. The molecular formula is C10H11BrINO2. The Bertz CT molecular complexity index is 357. The van der Waals surface area contributed by atoms with E-state index in [2.05, 4.69) is 43.8 Å². The zero-order valence-corrected chi connectivity index (χ0v) is 12.0. The van der Waals surface area contributed by atoms with Gasteiger partial charge in [-0.2, -0.15) is 0 Å². The van der Waals surface area contributed by atoms with Crippen molar-refractivity contribution in [2.45, 2.75) is 0 Å². The Morgan fingerprint density at radius 2 is 2.33 bits per heavy atom. The van der Waals surface area contributed by atoms with Gasteiger partial charge < -0.3 is 10.1 Å². The summed E-state index contributed by atoms with van der Waals surface area (Å²) >= 11 is 5.55. The number of rotatable bonds is 4. The topological polar surface area (TPSA) is 38.3 Å². The van der Waals surface area contributed by atoms with Gasteiger partial charge in [0, 0.05) is 16.5 Å². The van der Waals surface area contributed by atoms with Gasteiger partial charge in [-0.05, 0) is 34.1 Å². The molecule has 0 atom stereocenters. The molecule has 15 heavy (non-hydrogen) atoms. The molecule has 0 aromatic heterocycles. The SMILES string of the molecule is COc1ccc(C(=O)NCCI)cc1Br. The summed E-state index contributed by atoms with van der Waals surface area (Å²) < 4.78 is 6.77. The van der Waals surface area contributed by atoms with Crippen LogP contribution in [0, 0.1) is 0 Å². The summed E-state index contributed by atoms with van der Waals surface area (Å²) in [5.74, 6) is 0.662. The molecule has 1 rings (SSSR count). The van der Waals surface area contributed by atoms with Crippen molar-refractivity contribution in [1.82, 2.24) is 5.32 Å². The number of amides is 1. The first kappa shape index (κ1) is 12.8. The van der Waals surface area contributed by atoms with E-state index in [9.17, 15) is 4.79 Å². The third-order valence-electron chi connectivity index (χ3n) is 1.79. The first-order chi connectivity index (χ1) is 7.19. The van der Waals surface area contributed by atoms with E-state index in [1.54, 1.807) is 25.3 Å². The van der Waals surface area contributed by atoms with E-state index in [1.807, 2.05) is 0 Å². The molecule has 0 saturated carbocycles. The first-order valence-corrected chi connectivity index (χ1v) is 6.68. The van der Waals surface area contributed by atoms with Gasteiger partial charge in [0.2, 0.25) is 0 Å². The van der Waals surface area contributed by atoms with Gasteiger partial charge in [-0.3, -0.25) is 4.79 Å². The number of ether oxygens (including phenoxy) is 1. The van der Waals surface area contributed by atoms with E-state index in [0.717, 1.165) is 14.6 Å². The zero-order chi connectivity index (χ0) is 11.3. The number of carbonyl (C=O) groups excluding carboxylic acids is 1. The molecule has 82 valence electrons. The maximum absolute atomic E-state index is 11.6. The summed E-state index contributed by atoms with van der Waals surface area (Å²) in [6.45, 7) is 0.684. The lowest BCUT2D eigenvalue weighted by Gasteiger charge is -2.06. The summed E-state index contributed by atoms with van der Waals surface area (Å²) in [7, 11) is 1.59. The van der Waals surface area contributed by atoms with Crippen LogP contribution in [0.1, 0.15) is 10.4 Å². The Hall–Kier alpha value is -0.300. The van der Waals surface area contributed by atoms with Crippen LogP contribution in [0.2, 0.25) is 0 Å². The minimum atomic E-state index is -0.0602. The van der Waals surface area contributed by atoms with E-state index >= 15 is 0 Å². The molecule has 3 nitrogen and oxygen atoms in total. The van der Waals surface area contributed by atoms with Crippen molar-refractivity contribution in [3.05, 3.63) is 28.2 Å². The molecule has 0 aliphatic rings. The van der Waals surface area contributed by atoms with Gasteiger partial charge in [-0.1, -0.05) is 22.6 Å². The number of carbonyl (C=O) groups is 1. The maximum Gasteiger partial charge on any atom is 0.251 e. The molecule has 1 aromatic rings. The number of alkyl halides is 1. The Labute approximate surface area is 111 Å². The highest BCUT2D eigenvalue weighted by Crippen LogP contribution is 2.25. The number of methoxy groups -OCH3 is 1. The lowest BCUT2D eigenvalue weighted by atomic mass is 10.2. The highest BCUT2D eigenvalue weighted by molar-refractivity contribution is 14.1. The number of hydrogen-bond acceptors (Lipinski definition) is 2. The predicted octanol–water partition coefficient (Wildman–Crippen LogP) is 2.62. The molecule has 0 spiro atoms. The molecular weight excluding hydrogens is 373 g/mol. The van der Waals surface area contributed by atoms with Gasteiger partial charge in [0.15, 0.2) is 0 Å². The van der Waals surface area contributed by atoms with Crippen LogP contribution in [0.4, 0.5) is 0 Å². The summed E-state index contributed by atoms with van der Waals surface area (Å²) in [5, 5.41) is 2.81. The van der Waals surface area contributed by atoms with Crippen LogP contribution in [0.3, 0.4) is 0 Å². The summed E-state index contributed by atoms with van der Waals surface area (Å²) in [6.07, 6.45) is 0. The first-order valence-electron chi connectivity index (χ1n) is 4.36. The predicted molar refractivity (Wildman–Crippen MR) is 71.9 cm³/mol. The second-order valence-corrected chi connectivity index (χ2v) is 4.73. The molecule has 0 aliphatic heterocycles. The average Bonchev–Trinajstić information content (AvgIpc) is 2.25. The van der Waals surface area contributed by atoms with Gasteiger partial charge in [-0.25, -0.2) is 0 Å². The zero-order valence-electron chi connectivity index (χ0n) is 8.22. The van der Waals surface area contributed by atoms with Gasteiger partial charge in [-0.15, -0.1) is 0 Å². The van der Waals surface area contributed by atoms with E-state index < -0.39 is 0 Å². The van der Waals surface area contributed by atoms with Crippen LogP contribution in [0.15, 0.2) is 22.7 Å². The molecule has 5 heteroatoms. The maximum atomic E-state index is 11.6. The molecule has 1 aromatic carbocycles. The van der Waals surface area contributed by atoms with Crippen molar-refractivity contribution in [1.29, 1.82) is 0 Å². The Morgan fingerprint density at radius 1 is 1.60 bits per heavy atom. The fourth-order valence-electron chi connectivity index (χ4n) is 1.07. The third-order valence-corrected chi connectivity index (χ3v) is 2.95. The molecule has 1 amide bonds. The molecule has 0 fully saturated rings. The smallest absolute Gasteiger partial charge is 0.251 e. The number of halogens is 2. The van der Waals surface area contributed by atoms with Crippen molar-refractivity contribution < 1.29 is 9.53 Å². The van der Waals surface area contributed by atoms with Crippen molar-refractivity contribution in [2.24, 2.45) is 0 Å². The van der Waals surface area contributed by atoms with E-state index in [4.69, 9.17) is 4.74 Å². The molecule has 0 heterocycles. The lowest BCUT2D eigenvalue weighted by Crippen LogP contribution is -2.25. The minimum Gasteiger partial charge on any atom is -0.496 e. The van der Waals surface area contributed by atoms with Crippen LogP contribution < -0.4 is 10.1 Å². The average molecular weight is 384 g/mol. The molecule has 0 saturated heterocycles. The van der Waals surface area contributed by atoms with E-state index in [-0.39, 0.29) is 5.91 Å². The van der Waals surface area contributed by atoms with Gasteiger partial charge >= 0.3 is 0 Å². The molecule has 0 bridgehead atoms. The molecule has 0 radical (unpaired) electrons. The monoisotopic (exact) mass is 383 g/mol. The summed E-state index contributed by atoms with van der Waals surface area (Å²) in [4.78, 5) is 11.6. The van der Waals surface area contributed by atoms with Crippen LogP contribution in [-0.2, 0) is 0 Å². The number of benzene rings is 1. The van der Waals surface area contributed by atoms with Crippen molar-refractivity contribution >= 4 is 44.4 Å². The van der Waals surface area contributed by atoms with Gasteiger partial charge in [0.1, 0.15) is 5.75 Å². The van der Waals surface area contributed by atoms with E-state index in [0.29, 0.717) is 12.1 Å². The summed E-state index contributed by atoms with van der Waals surface area (Å²) in [6, 6.07) is 5.26. The van der Waals surface area contributed by atoms with Crippen LogP contribution >= 0.6 is 38.5 Å².